The molecule has 4 heteroatoms. The highest BCUT2D eigenvalue weighted by Crippen LogP contribution is 2.31. The molecule has 0 saturated carbocycles. The van der Waals surface area contributed by atoms with Gasteiger partial charge in [0.25, 0.3) is 5.89 Å². The standard InChI is InChI=1S/C19H19N3O/c1-12-5-7-13(8-6-12)18-21-19(23-22-18)15-9-10-16-14(11-15)3-2-4-17(16)20/h5-11,17H,2-4,20H2,1H3. The Hall–Kier alpha value is -2.46. The zero-order valence-electron chi connectivity index (χ0n) is 13.1. The number of nitrogens with zero attached hydrogens (tertiary/aromatic N) is 2. The van der Waals surface area contributed by atoms with Crippen LogP contribution in [-0.4, -0.2) is 10.1 Å². The van der Waals surface area contributed by atoms with E-state index in [1.165, 1.54) is 16.7 Å². The molecule has 0 spiro atoms. The second-order valence-corrected chi connectivity index (χ2v) is 6.20. The van der Waals surface area contributed by atoms with Gasteiger partial charge >= 0.3 is 0 Å². The molecule has 1 unspecified atom stereocenters. The Morgan fingerprint density at radius 2 is 1.87 bits per heavy atom. The van der Waals surface area contributed by atoms with Crippen LogP contribution in [0.3, 0.4) is 0 Å². The molecule has 0 saturated heterocycles. The highest BCUT2D eigenvalue weighted by molar-refractivity contribution is 5.61. The van der Waals surface area contributed by atoms with Gasteiger partial charge < -0.3 is 10.3 Å². The molecule has 23 heavy (non-hydrogen) atoms. The van der Waals surface area contributed by atoms with Crippen LogP contribution in [0.5, 0.6) is 0 Å². The molecule has 1 atom stereocenters. The Bertz CT molecular complexity index is 836. The smallest absolute Gasteiger partial charge is 0.258 e. The molecule has 1 aromatic heterocycles. The monoisotopic (exact) mass is 305 g/mol. The van der Waals surface area contributed by atoms with Gasteiger partial charge in [-0.2, -0.15) is 4.98 Å². The zero-order valence-corrected chi connectivity index (χ0v) is 13.1. The largest absolute Gasteiger partial charge is 0.334 e. The molecular formula is C19H19N3O. The van der Waals surface area contributed by atoms with E-state index in [2.05, 4.69) is 29.2 Å². The molecule has 0 bridgehead atoms. The second-order valence-electron chi connectivity index (χ2n) is 6.20. The van der Waals surface area contributed by atoms with Gasteiger partial charge in [0.1, 0.15) is 0 Å². The lowest BCUT2D eigenvalue weighted by Gasteiger charge is -2.22. The quantitative estimate of drug-likeness (QED) is 0.775. The van der Waals surface area contributed by atoms with E-state index in [-0.39, 0.29) is 6.04 Å². The Morgan fingerprint density at radius 3 is 2.70 bits per heavy atom. The summed E-state index contributed by atoms with van der Waals surface area (Å²) in [6.07, 6.45) is 3.26. The summed E-state index contributed by atoms with van der Waals surface area (Å²) in [5, 5.41) is 4.11. The van der Waals surface area contributed by atoms with Gasteiger partial charge in [-0.05, 0) is 49.4 Å². The summed E-state index contributed by atoms with van der Waals surface area (Å²) in [7, 11) is 0. The number of fused-ring (bicyclic) bond motifs is 1. The van der Waals surface area contributed by atoms with Gasteiger partial charge in [0.15, 0.2) is 0 Å². The predicted octanol–water partition coefficient (Wildman–Crippen LogP) is 4.05. The Morgan fingerprint density at radius 1 is 1.09 bits per heavy atom. The Balaban J connectivity index is 1.68. The molecule has 2 N–H and O–H groups in total. The molecule has 0 aliphatic heterocycles. The van der Waals surface area contributed by atoms with Gasteiger partial charge in [-0.25, -0.2) is 0 Å². The lowest BCUT2D eigenvalue weighted by Crippen LogP contribution is -2.17. The predicted molar refractivity (Wildman–Crippen MR) is 89.8 cm³/mol. The van der Waals surface area contributed by atoms with Gasteiger partial charge in [-0.3, -0.25) is 0 Å². The van der Waals surface area contributed by atoms with Gasteiger partial charge in [-0.15, -0.1) is 0 Å². The summed E-state index contributed by atoms with van der Waals surface area (Å²) >= 11 is 0. The van der Waals surface area contributed by atoms with Crippen molar-refractivity contribution in [3.63, 3.8) is 0 Å². The summed E-state index contributed by atoms with van der Waals surface area (Å²) in [4.78, 5) is 4.54. The van der Waals surface area contributed by atoms with Crippen molar-refractivity contribution in [1.29, 1.82) is 0 Å². The van der Waals surface area contributed by atoms with Crippen LogP contribution in [0, 0.1) is 6.92 Å². The maximum atomic E-state index is 6.18. The van der Waals surface area contributed by atoms with Crippen molar-refractivity contribution in [2.75, 3.05) is 0 Å². The van der Waals surface area contributed by atoms with E-state index in [0.29, 0.717) is 11.7 Å². The van der Waals surface area contributed by atoms with Crippen molar-refractivity contribution in [1.82, 2.24) is 10.1 Å². The fourth-order valence-corrected chi connectivity index (χ4v) is 3.15. The molecular weight excluding hydrogens is 286 g/mol. The van der Waals surface area contributed by atoms with Gasteiger partial charge in [-0.1, -0.05) is 41.1 Å². The number of aryl methyl sites for hydroxylation is 2. The number of rotatable bonds is 2. The number of benzene rings is 2. The fraction of sp³-hybridized carbons (Fsp3) is 0.263. The molecule has 0 amide bonds. The topological polar surface area (TPSA) is 64.9 Å². The Kier molecular flexibility index (Phi) is 3.46. The minimum Gasteiger partial charge on any atom is -0.334 e. The van der Waals surface area contributed by atoms with Gasteiger partial charge in [0, 0.05) is 17.2 Å². The maximum Gasteiger partial charge on any atom is 0.258 e. The van der Waals surface area contributed by atoms with E-state index in [1.54, 1.807) is 0 Å². The van der Waals surface area contributed by atoms with Crippen molar-refractivity contribution in [3.8, 4) is 22.8 Å². The third-order valence-electron chi connectivity index (χ3n) is 4.49. The van der Waals surface area contributed by atoms with E-state index < -0.39 is 0 Å². The third kappa shape index (κ3) is 2.66. The molecule has 3 aromatic rings. The normalized spacial score (nSPS) is 17.0. The molecule has 2 aromatic carbocycles. The van der Waals surface area contributed by atoms with Crippen LogP contribution in [0.4, 0.5) is 0 Å². The lowest BCUT2D eigenvalue weighted by atomic mass is 9.87. The molecule has 1 aliphatic carbocycles. The first-order chi connectivity index (χ1) is 11.2. The van der Waals surface area contributed by atoms with Crippen LogP contribution >= 0.6 is 0 Å². The van der Waals surface area contributed by atoms with Crippen LogP contribution < -0.4 is 5.73 Å². The summed E-state index contributed by atoms with van der Waals surface area (Å²) in [5.41, 5.74) is 11.9. The number of hydrogen-bond donors (Lipinski definition) is 1. The molecule has 1 aliphatic rings. The van der Waals surface area contributed by atoms with Crippen molar-refractivity contribution < 1.29 is 4.52 Å². The SMILES string of the molecule is Cc1ccc(-c2noc(-c3ccc4c(c3)CCCC4N)n2)cc1. The average molecular weight is 305 g/mol. The number of nitrogens with two attached hydrogens (primary N) is 1. The number of aromatic nitrogens is 2. The summed E-state index contributed by atoms with van der Waals surface area (Å²) < 4.78 is 5.46. The summed E-state index contributed by atoms with van der Waals surface area (Å²) in [6, 6.07) is 14.5. The maximum absolute atomic E-state index is 6.18. The van der Waals surface area contributed by atoms with Crippen LogP contribution in [0.25, 0.3) is 22.8 Å². The summed E-state index contributed by atoms with van der Waals surface area (Å²) in [6.45, 7) is 2.06. The minimum absolute atomic E-state index is 0.151. The third-order valence-corrected chi connectivity index (χ3v) is 4.49. The first-order valence-corrected chi connectivity index (χ1v) is 8.00. The van der Waals surface area contributed by atoms with Gasteiger partial charge in [0.2, 0.25) is 5.82 Å². The second kappa shape index (κ2) is 5.63. The van der Waals surface area contributed by atoms with Gasteiger partial charge in [0.05, 0.1) is 0 Å². The van der Waals surface area contributed by atoms with Crippen molar-refractivity contribution in [2.24, 2.45) is 5.73 Å². The van der Waals surface area contributed by atoms with Crippen LogP contribution in [0.1, 0.15) is 35.6 Å². The molecule has 0 fully saturated rings. The first-order valence-electron chi connectivity index (χ1n) is 8.00. The van der Waals surface area contributed by atoms with Crippen LogP contribution in [0.2, 0.25) is 0 Å². The van der Waals surface area contributed by atoms with Crippen molar-refractivity contribution >= 4 is 0 Å². The van der Waals surface area contributed by atoms with E-state index in [9.17, 15) is 0 Å². The highest BCUT2D eigenvalue weighted by Gasteiger charge is 2.18. The van der Waals surface area contributed by atoms with E-state index in [4.69, 9.17) is 10.3 Å². The van der Waals surface area contributed by atoms with Crippen LogP contribution in [-0.2, 0) is 6.42 Å². The molecule has 1 heterocycles. The molecule has 4 rings (SSSR count). The Labute approximate surface area is 135 Å². The lowest BCUT2D eigenvalue weighted by molar-refractivity contribution is 0.432. The number of hydrogen-bond acceptors (Lipinski definition) is 4. The van der Waals surface area contributed by atoms with E-state index in [1.807, 2.05) is 30.3 Å². The summed E-state index contributed by atoms with van der Waals surface area (Å²) in [5.74, 6) is 1.18. The van der Waals surface area contributed by atoms with Crippen molar-refractivity contribution in [3.05, 3.63) is 59.2 Å². The average Bonchev–Trinajstić information content (AvgIpc) is 3.05. The molecule has 0 radical (unpaired) electrons. The highest BCUT2D eigenvalue weighted by atomic mass is 16.5. The molecule has 116 valence electrons. The fourth-order valence-electron chi connectivity index (χ4n) is 3.15. The van der Waals surface area contributed by atoms with Crippen LogP contribution in [0.15, 0.2) is 47.0 Å². The van der Waals surface area contributed by atoms with Crippen molar-refractivity contribution in [2.45, 2.75) is 32.2 Å². The minimum atomic E-state index is 0.151. The first kappa shape index (κ1) is 14.2. The van der Waals surface area contributed by atoms with E-state index in [0.717, 1.165) is 30.4 Å². The zero-order chi connectivity index (χ0) is 15.8. The van der Waals surface area contributed by atoms with E-state index >= 15 is 0 Å². The molecule has 4 nitrogen and oxygen atoms in total.